The van der Waals surface area contributed by atoms with E-state index in [1.165, 1.54) is 17.5 Å². The van der Waals surface area contributed by atoms with Crippen LogP contribution >= 0.6 is 0 Å². The Balaban J connectivity index is 1.44. The largest absolute Gasteiger partial charge is 0.508 e. The zero-order valence-corrected chi connectivity index (χ0v) is 16.6. The summed E-state index contributed by atoms with van der Waals surface area (Å²) in [6.45, 7) is 2.34. The molecule has 0 aliphatic heterocycles. The Bertz CT molecular complexity index is 902. The van der Waals surface area contributed by atoms with E-state index in [-0.39, 0.29) is 5.41 Å². The lowest BCUT2D eigenvalue weighted by atomic mass is 9.53. The number of hydrogen-bond donors (Lipinski definition) is 2. The molecule has 0 saturated heterocycles. The molecule has 2 nitrogen and oxygen atoms in total. The van der Waals surface area contributed by atoms with Crippen molar-refractivity contribution in [3.63, 3.8) is 0 Å². The molecule has 28 heavy (non-hydrogen) atoms. The van der Waals surface area contributed by atoms with Gasteiger partial charge in [0.05, 0.1) is 5.60 Å². The molecule has 2 aromatic rings. The fourth-order valence-electron chi connectivity index (χ4n) is 6.69. The van der Waals surface area contributed by atoms with Crippen molar-refractivity contribution in [2.75, 3.05) is 0 Å². The molecule has 2 saturated carbocycles. The standard InChI is InChI=1S/C26H30O2/c1-25-14-12-22-21-10-8-20(27)17-19(21)7-9-23(22)24(25)13-16-26(25,28)15-11-18-5-3-2-4-6-18/h2-6,8,10-11,15,17,22-24,27-28H,7,9,12-14,16H2,1H3/b15-11-/t22?,23?,24?,25-,26-/m0/s1. The summed E-state index contributed by atoms with van der Waals surface area (Å²) >= 11 is 0. The fourth-order valence-corrected chi connectivity index (χ4v) is 6.69. The molecule has 0 amide bonds. The van der Waals surface area contributed by atoms with Gasteiger partial charge in [-0.1, -0.05) is 55.5 Å². The lowest BCUT2D eigenvalue weighted by molar-refractivity contribution is -0.0705. The highest BCUT2D eigenvalue weighted by Gasteiger charge is 2.60. The first-order valence-corrected chi connectivity index (χ1v) is 10.8. The van der Waals surface area contributed by atoms with Gasteiger partial charge < -0.3 is 10.2 Å². The molecule has 0 bridgehead atoms. The van der Waals surface area contributed by atoms with Gasteiger partial charge in [0.15, 0.2) is 0 Å². The van der Waals surface area contributed by atoms with Gasteiger partial charge in [-0.3, -0.25) is 0 Å². The molecule has 3 aliphatic rings. The quantitative estimate of drug-likeness (QED) is 0.708. The maximum Gasteiger partial charge on any atom is 0.115 e. The predicted octanol–water partition coefficient (Wildman–Crippen LogP) is 5.69. The lowest BCUT2D eigenvalue weighted by Gasteiger charge is -2.52. The number of benzene rings is 2. The second kappa shape index (κ2) is 6.49. The van der Waals surface area contributed by atoms with E-state index in [0.717, 1.165) is 37.7 Å². The van der Waals surface area contributed by atoms with Crippen molar-refractivity contribution in [2.24, 2.45) is 17.3 Å². The molecule has 2 fully saturated rings. The molecule has 0 heterocycles. The zero-order valence-electron chi connectivity index (χ0n) is 16.6. The molecule has 146 valence electrons. The SMILES string of the molecule is C[C@]12CCC3c4ccc(O)cc4CCC3C1CC[C@@]2(O)/C=C\c1ccccc1. The van der Waals surface area contributed by atoms with Crippen LogP contribution < -0.4 is 0 Å². The zero-order chi connectivity index (χ0) is 19.4. The first-order valence-electron chi connectivity index (χ1n) is 10.8. The summed E-state index contributed by atoms with van der Waals surface area (Å²) < 4.78 is 0. The van der Waals surface area contributed by atoms with E-state index in [1.807, 2.05) is 30.3 Å². The van der Waals surface area contributed by atoms with E-state index in [4.69, 9.17) is 0 Å². The van der Waals surface area contributed by atoms with E-state index in [9.17, 15) is 10.2 Å². The van der Waals surface area contributed by atoms with Crippen LogP contribution in [0.1, 0.15) is 61.6 Å². The summed E-state index contributed by atoms with van der Waals surface area (Å²) in [6.07, 6.45) is 10.6. The number of aromatic hydroxyl groups is 1. The Labute approximate surface area is 167 Å². The average Bonchev–Trinajstić information content (AvgIpc) is 2.98. The topological polar surface area (TPSA) is 40.5 Å². The molecular weight excluding hydrogens is 344 g/mol. The maximum atomic E-state index is 11.7. The molecule has 0 radical (unpaired) electrons. The summed E-state index contributed by atoms with van der Waals surface area (Å²) in [5.41, 5.74) is 3.18. The number of aryl methyl sites for hydroxylation is 1. The summed E-state index contributed by atoms with van der Waals surface area (Å²) in [6, 6.07) is 16.3. The third-order valence-electron chi connectivity index (χ3n) is 8.28. The van der Waals surface area contributed by atoms with Crippen LogP contribution in [0.25, 0.3) is 6.08 Å². The minimum absolute atomic E-state index is 0.0477. The van der Waals surface area contributed by atoms with E-state index in [2.05, 4.69) is 37.3 Å². The number of phenolic OH excluding ortho intramolecular Hbond substituents is 1. The fraction of sp³-hybridized carbons (Fsp3) is 0.462. The van der Waals surface area contributed by atoms with E-state index < -0.39 is 5.60 Å². The predicted molar refractivity (Wildman–Crippen MR) is 113 cm³/mol. The van der Waals surface area contributed by atoms with Crippen molar-refractivity contribution in [1.29, 1.82) is 0 Å². The Morgan fingerprint density at radius 3 is 2.64 bits per heavy atom. The van der Waals surface area contributed by atoms with Gasteiger partial charge in [-0.2, -0.15) is 0 Å². The molecule has 3 unspecified atom stereocenters. The minimum atomic E-state index is -0.715. The molecule has 5 rings (SSSR count). The third kappa shape index (κ3) is 2.65. The van der Waals surface area contributed by atoms with Crippen molar-refractivity contribution < 1.29 is 10.2 Å². The van der Waals surface area contributed by atoms with Crippen molar-refractivity contribution in [1.82, 2.24) is 0 Å². The molecule has 0 spiro atoms. The van der Waals surface area contributed by atoms with E-state index >= 15 is 0 Å². The van der Waals surface area contributed by atoms with Crippen LogP contribution in [0.2, 0.25) is 0 Å². The monoisotopic (exact) mass is 374 g/mol. The van der Waals surface area contributed by atoms with Crippen LogP contribution in [0, 0.1) is 17.3 Å². The smallest absolute Gasteiger partial charge is 0.115 e. The Hall–Kier alpha value is -2.06. The van der Waals surface area contributed by atoms with E-state index in [1.54, 1.807) is 0 Å². The van der Waals surface area contributed by atoms with Gasteiger partial charge in [-0.15, -0.1) is 0 Å². The number of phenols is 1. The number of fused-ring (bicyclic) bond motifs is 5. The molecule has 2 aromatic carbocycles. The summed E-state index contributed by atoms with van der Waals surface area (Å²) in [7, 11) is 0. The molecule has 2 N–H and O–H groups in total. The van der Waals surface area contributed by atoms with Gasteiger partial charge >= 0.3 is 0 Å². The van der Waals surface area contributed by atoms with Gasteiger partial charge in [0.1, 0.15) is 5.75 Å². The van der Waals surface area contributed by atoms with E-state index in [0.29, 0.717) is 23.5 Å². The second-order valence-corrected chi connectivity index (χ2v) is 9.46. The first-order chi connectivity index (χ1) is 13.5. The second-order valence-electron chi connectivity index (χ2n) is 9.46. The average molecular weight is 375 g/mol. The normalized spacial score (nSPS) is 36.7. The third-order valence-corrected chi connectivity index (χ3v) is 8.28. The molecule has 0 aromatic heterocycles. The lowest BCUT2D eigenvalue weighted by Crippen LogP contribution is -2.49. The van der Waals surface area contributed by atoms with Crippen LogP contribution in [0.5, 0.6) is 5.75 Å². The molecule has 2 heteroatoms. The summed E-state index contributed by atoms with van der Waals surface area (Å²) in [5, 5.41) is 21.6. The van der Waals surface area contributed by atoms with Gasteiger partial charge in [0.2, 0.25) is 0 Å². The van der Waals surface area contributed by atoms with Gasteiger partial charge in [-0.05, 0) is 85.1 Å². The Morgan fingerprint density at radius 2 is 1.82 bits per heavy atom. The van der Waals surface area contributed by atoms with Crippen LogP contribution in [0.4, 0.5) is 0 Å². The summed E-state index contributed by atoms with van der Waals surface area (Å²) in [4.78, 5) is 0. The van der Waals surface area contributed by atoms with Crippen LogP contribution in [-0.4, -0.2) is 15.8 Å². The van der Waals surface area contributed by atoms with Crippen LogP contribution in [0.3, 0.4) is 0 Å². The molecule has 3 aliphatic carbocycles. The highest BCUT2D eigenvalue weighted by molar-refractivity contribution is 5.51. The number of aliphatic hydroxyl groups is 1. The van der Waals surface area contributed by atoms with Crippen LogP contribution in [-0.2, 0) is 6.42 Å². The minimum Gasteiger partial charge on any atom is -0.508 e. The summed E-state index contributed by atoms with van der Waals surface area (Å²) in [5.74, 6) is 2.19. The number of rotatable bonds is 2. The van der Waals surface area contributed by atoms with Gasteiger partial charge in [0, 0.05) is 5.41 Å². The maximum absolute atomic E-state index is 11.7. The highest BCUT2D eigenvalue weighted by atomic mass is 16.3. The van der Waals surface area contributed by atoms with Crippen molar-refractivity contribution >= 4 is 6.08 Å². The molecular formula is C26H30O2. The van der Waals surface area contributed by atoms with Crippen LogP contribution in [0.15, 0.2) is 54.6 Å². The first kappa shape index (κ1) is 18.0. The number of hydrogen-bond acceptors (Lipinski definition) is 2. The van der Waals surface area contributed by atoms with Gasteiger partial charge in [-0.25, -0.2) is 0 Å². The van der Waals surface area contributed by atoms with Crippen molar-refractivity contribution in [2.45, 2.75) is 57.0 Å². The molecule has 5 atom stereocenters. The Morgan fingerprint density at radius 1 is 1.00 bits per heavy atom. The Kier molecular flexibility index (Phi) is 4.17. The van der Waals surface area contributed by atoms with Gasteiger partial charge in [0.25, 0.3) is 0 Å². The van der Waals surface area contributed by atoms with Crippen molar-refractivity contribution in [3.05, 3.63) is 71.3 Å². The van der Waals surface area contributed by atoms with Crippen molar-refractivity contribution in [3.8, 4) is 5.75 Å². The highest BCUT2D eigenvalue weighted by Crippen LogP contribution is 2.64.